The number of carboxylic acids is 1. The van der Waals surface area contributed by atoms with Gasteiger partial charge in [0.15, 0.2) is 11.6 Å². The Hall–Kier alpha value is -2.78. The summed E-state index contributed by atoms with van der Waals surface area (Å²) in [6, 6.07) is 0. The lowest BCUT2D eigenvalue weighted by Gasteiger charge is -1.91. The summed E-state index contributed by atoms with van der Waals surface area (Å²) in [4.78, 5) is 28.5. The van der Waals surface area contributed by atoms with Crippen molar-refractivity contribution in [2.75, 3.05) is 7.11 Å². The molecule has 0 aliphatic rings. The predicted molar refractivity (Wildman–Crippen MR) is 69.3 cm³/mol. The van der Waals surface area contributed by atoms with E-state index < -0.39 is 5.97 Å². The molecule has 0 aliphatic carbocycles. The second-order valence-corrected chi connectivity index (χ2v) is 4.00. The molecule has 21 heavy (non-hydrogen) atoms. The first-order valence-corrected chi connectivity index (χ1v) is 5.95. The van der Waals surface area contributed by atoms with Crippen LogP contribution in [0.5, 0.6) is 0 Å². The van der Waals surface area contributed by atoms with E-state index in [1.54, 1.807) is 13.8 Å². The van der Waals surface area contributed by atoms with Gasteiger partial charge in [0.25, 0.3) is 0 Å². The van der Waals surface area contributed by atoms with E-state index in [9.17, 15) is 9.59 Å². The van der Waals surface area contributed by atoms with Crippen LogP contribution in [-0.4, -0.2) is 54.5 Å². The lowest BCUT2D eigenvalue weighted by atomic mass is 10.4. The minimum absolute atomic E-state index is 0.121. The summed E-state index contributed by atoms with van der Waals surface area (Å²) in [6.07, 6.45) is 0.00514. The van der Waals surface area contributed by atoms with Crippen molar-refractivity contribution in [2.24, 2.45) is 0 Å². The quantitative estimate of drug-likeness (QED) is 0.644. The largest absolute Gasteiger partial charge is 0.481 e. The van der Waals surface area contributed by atoms with Crippen molar-refractivity contribution in [2.45, 2.75) is 26.7 Å². The van der Waals surface area contributed by atoms with Gasteiger partial charge in [0.05, 0.1) is 7.11 Å². The van der Waals surface area contributed by atoms with Crippen LogP contribution in [0, 0.1) is 13.8 Å². The summed E-state index contributed by atoms with van der Waals surface area (Å²) in [7, 11) is 1.34. The van der Waals surface area contributed by atoms with E-state index in [1.165, 1.54) is 7.11 Å². The van der Waals surface area contributed by atoms with E-state index in [-0.39, 0.29) is 18.8 Å². The molecule has 0 aliphatic heterocycles. The monoisotopic (exact) mass is 296 g/mol. The summed E-state index contributed by atoms with van der Waals surface area (Å²) >= 11 is 0. The third-order valence-electron chi connectivity index (χ3n) is 2.13. The maximum Gasteiger partial charge on any atom is 0.313 e. The van der Waals surface area contributed by atoms with Gasteiger partial charge in [-0.2, -0.15) is 10.2 Å². The zero-order valence-electron chi connectivity index (χ0n) is 11.9. The second-order valence-electron chi connectivity index (χ2n) is 4.00. The standard InChI is InChI=1S/C6H9N3O2.C5H7N3O2/c1-4-7-5(9-8-4)3-6(10)11-2;1-3-6-4(8-7-3)2-5(9)10/h3H2,1-2H3,(H,7,8,9);2H2,1H3,(H,9,10)(H,6,7,8). The van der Waals surface area contributed by atoms with Crippen molar-refractivity contribution in [3.05, 3.63) is 23.3 Å². The Morgan fingerprint density at radius 1 is 1.05 bits per heavy atom. The summed E-state index contributed by atoms with van der Waals surface area (Å²) in [5, 5.41) is 20.9. The number of carbonyl (C=O) groups excluding carboxylic acids is 1. The fourth-order valence-electron chi connectivity index (χ4n) is 1.27. The number of carbonyl (C=O) groups is 2. The third kappa shape index (κ3) is 6.27. The van der Waals surface area contributed by atoms with Gasteiger partial charge in [0.2, 0.25) is 0 Å². The average Bonchev–Trinajstić information content (AvgIpc) is 2.98. The molecule has 10 nitrogen and oxygen atoms in total. The molecule has 0 fully saturated rings. The van der Waals surface area contributed by atoms with Gasteiger partial charge in [-0.3, -0.25) is 19.8 Å². The number of nitrogens with one attached hydrogen (secondary N) is 2. The highest BCUT2D eigenvalue weighted by Crippen LogP contribution is 1.93. The smallest absolute Gasteiger partial charge is 0.313 e. The SMILES string of the molecule is COC(=O)Cc1n[nH]c(C)n1.Cc1nc(CC(=O)O)n[nH]1. The number of methoxy groups -OCH3 is 1. The molecule has 3 N–H and O–H groups in total. The lowest BCUT2D eigenvalue weighted by molar-refractivity contribution is -0.140. The van der Waals surface area contributed by atoms with Gasteiger partial charge in [-0.15, -0.1) is 0 Å². The Morgan fingerprint density at radius 3 is 1.86 bits per heavy atom. The highest BCUT2D eigenvalue weighted by molar-refractivity contribution is 5.71. The van der Waals surface area contributed by atoms with Crippen LogP contribution in [0.1, 0.15) is 23.3 Å². The van der Waals surface area contributed by atoms with Crippen LogP contribution in [0.2, 0.25) is 0 Å². The number of aliphatic carboxylic acids is 1. The molecular formula is C11H16N6O4. The van der Waals surface area contributed by atoms with E-state index in [1.807, 2.05) is 0 Å². The van der Waals surface area contributed by atoms with Crippen LogP contribution < -0.4 is 0 Å². The van der Waals surface area contributed by atoms with E-state index in [0.717, 1.165) is 0 Å². The van der Waals surface area contributed by atoms with Gasteiger partial charge in [-0.1, -0.05) is 0 Å². The molecule has 0 spiro atoms. The zero-order valence-corrected chi connectivity index (χ0v) is 11.9. The molecule has 10 heteroatoms. The Morgan fingerprint density at radius 2 is 1.52 bits per heavy atom. The first-order valence-electron chi connectivity index (χ1n) is 5.95. The number of esters is 1. The number of hydrogen-bond acceptors (Lipinski definition) is 7. The van der Waals surface area contributed by atoms with E-state index in [2.05, 4.69) is 35.1 Å². The number of ether oxygens (including phenoxy) is 1. The normalized spacial score (nSPS) is 9.67. The van der Waals surface area contributed by atoms with Gasteiger partial charge in [0.1, 0.15) is 24.5 Å². The van der Waals surface area contributed by atoms with Gasteiger partial charge in [-0.25, -0.2) is 9.97 Å². The molecule has 0 aromatic carbocycles. The van der Waals surface area contributed by atoms with Crippen molar-refractivity contribution < 1.29 is 19.4 Å². The maximum absolute atomic E-state index is 10.7. The number of hydrogen-bond donors (Lipinski definition) is 3. The molecule has 0 unspecified atom stereocenters. The highest BCUT2D eigenvalue weighted by atomic mass is 16.5. The first-order chi connectivity index (χ1) is 9.90. The van der Waals surface area contributed by atoms with Gasteiger partial charge in [-0.05, 0) is 13.8 Å². The molecule has 2 heterocycles. The minimum Gasteiger partial charge on any atom is -0.481 e. The molecular weight excluding hydrogens is 280 g/mol. The molecule has 2 rings (SSSR count). The molecule has 2 aromatic rings. The van der Waals surface area contributed by atoms with E-state index in [0.29, 0.717) is 23.3 Å². The molecule has 0 radical (unpaired) electrons. The summed E-state index contributed by atoms with van der Waals surface area (Å²) < 4.78 is 4.43. The van der Waals surface area contributed by atoms with Crippen molar-refractivity contribution in [1.29, 1.82) is 0 Å². The maximum atomic E-state index is 10.7. The average molecular weight is 296 g/mol. The molecule has 114 valence electrons. The lowest BCUT2D eigenvalue weighted by Crippen LogP contribution is -2.05. The topological polar surface area (TPSA) is 147 Å². The number of nitrogens with zero attached hydrogens (tertiary/aromatic N) is 4. The van der Waals surface area contributed by atoms with Crippen LogP contribution in [0.25, 0.3) is 0 Å². The van der Waals surface area contributed by atoms with Crippen LogP contribution >= 0.6 is 0 Å². The molecule has 0 saturated carbocycles. The highest BCUT2D eigenvalue weighted by Gasteiger charge is 2.06. The fourth-order valence-corrected chi connectivity index (χ4v) is 1.27. The van der Waals surface area contributed by atoms with Crippen LogP contribution in [-0.2, 0) is 27.2 Å². The van der Waals surface area contributed by atoms with Crippen LogP contribution in [0.4, 0.5) is 0 Å². The Labute approximate surface area is 120 Å². The predicted octanol–water partition coefficient (Wildman–Crippen LogP) is -0.431. The zero-order chi connectivity index (χ0) is 15.8. The third-order valence-corrected chi connectivity index (χ3v) is 2.13. The van der Waals surface area contributed by atoms with Gasteiger partial charge < -0.3 is 9.84 Å². The molecule has 0 amide bonds. The van der Waals surface area contributed by atoms with Crippen LogP contribution in [0.3, 0.4) is 0 Å². The van der Waals surface area contributed by atoms with E-state index >= 15 is 0 Å². The molecule has 2 aromatic heterocycles. The van der Waals surface area contributed by atoms with Crippen molar-refractivity contribution in [3.63, 3.8) is 0 Å². The number of aryl methyl sites for hydroxylation is 2. The number of H-pyrrole nitrogens is 2. The van der Waals surface area contributed by atoms with Crippen molar-refractivity contribution in [1.82, 2.24) is 30.4 Å². The number of aromatic amines is 2. The number of rotatable bonds is 4. The first kappa shape index (κ1) is 16.3. The second kappa shape index (κ2) is 7.72. The molecule has 0 saturated heterocycles. The van der Waals surface area contributed by atoms with Crippen molar-refractivity contribution >= 4 is 11.9 Å². The van der Waals surface area contributed by atoms with E-state index in [4.69, 9.17) is 5.11 Å². The summed E-state index contributed by atoms with van der Waals surface area (Å²) in [6.45, 7) is 3.49. The van der Waals surface area contributed by atoms with Gasteiger partial charge >= 0.3 is 11.9 Å². The Balaban J connectivity index is 0.000000211. The Bertz CT molecular complexity index is 605. The van der Waals surface area contributed by atoms with Gasteiger partial charge in [0, 0.05) is 0 Å². The molecule has 0 bridgehead atoms. The summed E-state index contributed by atoms with van der Waals surface area (Å²) in [5.74, 6) is 0.877. The Kier molecular flexibility index (Phi) is 5.99. The van der Waals surface area contributed by atoms with Crippen molar-refractivity contribution in [3.8, 4) is 0 Å². The summed E-state index contributed by atoms with van der Waals surface area (Å²) in [5.41, 5.74) is 0. The molecule has 0 atom stereocenters. The number of carboxylic acid groups (broad SMARTS) is 1. The van der Waals surface area contributed by atoms with Crippen LogP contribution in [0.15, 0.2) is 0 Å². The fraction of sp³-hybridized carbons (Fsp3) is 0.455. The number of aromatic nitrogens is 6. The minimum atomic E-state index is -0.918.